The molecule has 1 aromatic heterocycles. The fraction of sp³-hybridized carbons (Fsp3) is 0.397. The van der Waals surface area contributed by atoms with Crippen molar-refractivity contribution in [2.75, 3.05) is 93.9 Å². The van der Waals surface area contributed by atoms with Crippen LogP contribution in [-0.2, 0) is 96.0 Å². The van der Waals surface area contributed by atoms with Gasteiger partial charge in [-0.2, -0.15) is 0 Å². The summed E-state index contributed by atoms with van der Waals surface area (Å²) in [6, 6.07) is 43.0. The number of hydrogen-bond donors (Lipinski definition) is 0. The summed E-state index contributed by atoms with van der Waals surface area (Å²) in [5, 5.41) is 0. The van der Waals surface area contributed by atoms with Crippen molar-refractivity contribution in [3.8, 4) is 22.9 Å². The van der Waals surface area contributed by atoms with Gasteiger partial charge in [-0.05, 0) is 81.1 Å². The Hall–Kier alpha value is -6.88. The third kappa shape index (κ3) is 22.0. The van der Waals surface area contributed by atoms with Crippen molar-refractivity contribution in [2.45, 2.75) is 61.0 Å². The van der Waals surface area contributed by atoms with Gasteiger partial charge in [0.15, 0.2) is 11.4 Å². The molecule has 470 valence electrons. The molecular formula is C63H78N2O20P2. The largest absolute Gasteiger partial charge is 0.497 e. The highest BCUT2D eigenvalue weighted by atomic mass is 31.2. The zero-order chi connectivity index (χ0) is 62.7. The average Bonchev–Trinajstić information content (AvgIpc) is 1.66. The minimum absolute atomic E-state index is 0.00561. The van der Waals surface area contributed by atoms with Crippen molar-refractivity contribution in [2.24, 2.45) is 10.8 Å². The van der Waals surface area contributed by atoms with Gasteiger partial charge < -0.3 is 42.8 Å². The van der Waals surface area contributed by atoms with E-state index in [1.165, 1.54) is 58.4 Å². The van der Waals surface area contributed by atoms with Gasteiger partial charge in [0.05, 0.1) is 117 Å². The highest BCUT2D eigenvalue weighted by Gasteiger charge is 2.42. The molecule has 0 saturated carbocycles. The maximum Gasteiger partial charge on any atom is 0.475 e. The predicted molar refractivity (Wildman–Crippen MR) is 320 cm³/mol. The number of hydrogen-bond acceptors (Lipinski definition) is 20. The molecule has 0 fully saturated rings. The quantitative estimate of drug-likeness (QED) is 0.0198. The Bertz CT molecular complexity index is 3090. The molecule has 24 heteroatoms. The molecule has 87 heavy (non-hydrogen) atoms. The van der Waals surface area contributed by atoms with Crippen LogP contribution in [-0.4, -0.2) is 127 Å². The number of rotatable bonds is 39. The molecule has 0 aliphatic heterocycles. The predicted octanol–water partition coefficient (Wildman–Crippen LogP) is 11.4. The molecule has 22 nitrogen and oxygen atoms in total. The fourth-order valence-electron chi connectivity index (χ4n) is 7.72. The lowest BCUT2D eigenvalue weighted by atomic mass is 9.95. The number of amides is 1. The number of methoxy groups -OCH3 is 1. The van der Waals surface area contributed by atoms with Gasteiger partial charge >= 0.3 is 33.6 Å². The van der Waals surface area contributed by atoms with Gasteiger partial charge in [0.25, 0.3) is 5.91 Å². The van der Waals surface area contributed by atoms with Gasteiger partial charge in [-0.1, -0.05) is 121 Å². The summed E-state index contributed by atoms with van der Waals surface area (Å²) in [5.74, 6) is -4.30. The molecule has 0 aliphatic carbocycles. The minimum Gasteiger partial charge on any atom is -0.497 e. The minimum atomic E-state index is -4.04. The molecule has 0 atom stereocenters. The number of phosphoric ester groups is 2. The van der Waals surface area contributed by atoms with Gasteiger partial charge in [0.2, 0.25) is 11.5 Å². The number of ether oxygens (including phenoxy) is 8. The van der Waals surface area contributed by atoms with E-state index in [0.717, 1.165) is 22.3 Å². The van der Waals surface area contributed by atoms with Crippen LogP contribution in [0.5, 0.6) is 17.2 Å². The first-order valence-corrected chi connectivity index (χ1v) is 31.0. The van der Waals surface area contributed by atoms with Crippen LogP contribution in [0.15, 0.2) is 146 Å². The third-order valence-corrected chi connectivity index (χ3v) is 15.3. The van der Waals surface area contributed by atoms with Gasteiger partial charge in [0, 0.05) is 19.8 Å². The number of carbonyl (C=O) groups is 4. The van der Waals surface area contributed by atoms with Crippen LogP contribution in [0.1, 0.15) is 77.8 Å². The van der Waals surface area contributed by atoms with Crippen molar-refractivity contribution in [1.29, 1.82) is 0 Å². The molecular weight excluding hydrogens is 1170 g/mol. The maximum atomic E-state index is 14.4. The van der Waals surface area contributed by atoms with Crippen LogP contribution in [0.25, 0.3) is 5.69 Å². The Morgan fingerprint density at radius 1 is 0.460 bits per heavy atom. The molecule has 6 rings (SSSR count). The second-order valence-corrected chi connectivity index (χ2v) is 24.1. The summed E-state index contributed by atoms with van der Waals surface area (Å²) in [4.78, 5) is 58.7. The smallest absolute Gasteiger partial charge is 0.475 e. The first kappa shape index (κ1) is 69.2. The van der Waals surface area contributed by atoms with E-state index >= 15 is 0 Å². The topological polar surface area (TPSA) is 240 Å². The Balaban J connectivity index is 1.10. The highest BCUT2D eigenvalue weighted by Crippen LogP contribution is 2.52. The van der Waals surface area contributed by atoms with E-state index < -0.39 is 67.5 Å². The second kappa shape index (κ2) is 34.6. The Labute approximate surface area is 508 Å². The van der Waals surface area contributed by atoms with Crippen LogP contribution in [0, 0.1) is 10.8 Å². The van der Waals surface area contributed by atoms with E-state index in [0.29, 0.717) is 5.75 Å². The highest BCUT2D eigenvalue weighted by molar-refractivity contribution is 7.48. The molecule has 0 bridgehead atoms. The van der Waals surface area contributed by atoms with Crippen molar-refractivity contribution in [3.05, 3.63) is 179 Å². The molecule has 0 unspecified atom stereocenters. The van der Waals surface area contributed by atoms with Crippen LogP contribution in [0.3, 0.4) is 0 Å². The van der Waals surface area contributed by atoms with E-state index in [-0.39, 0.29) is 110 Å². The summed E-state index contributed by atoms with van der Waals surface area (Å²) >= 11 is 0. The zero-order valence-electron chi connectivity index (χ0n) is 50.4. The van der Waals surface area contributed by atoms with Crippen molar-refractivity contribution in [3.63, 3.8) is 0 Å². The monoisotopic (exact) mass is 1240 g/mol. The van der Waals surface area contributed by atoms with Gasteiger partial charge in [-0.25, -0.2) is 13.9 Å². The maximum absolute atomic E-state index is 14.4. The SMILES string of the molecule is CCOC(=O)c1c(OC(=O)C(C)(C)COCCOCCOP(=O)(OCc2ccccc2)OCc2ccccc2)c(OC(=O)C(C)(C)COCCOCCOP(=O)(OCc2ccccc2)OCc2ccccc2)c(C(=O)N(C)C)n1-c1ccc(OC)cc1. The van der Waals surface area contributed by atoms with Gasteiger partial charge in [0.1, 0.15) is 5.75 Å². The van der Waals surface area contributed by atoms with E-state index in [1.54, 1.807) is 31.2 Å². The molecule has 0 aliphatic rings. The first-order valence-electron chi connectivity index (χ1n) is 28.1. The number of aromatic nitrogens is 1. The lowest BCUT2D eigenvalue weighted by Crippen LogP contribution is -2.36. The number of nitrogens with zero attached hydrogens (tertiary/aromatic N) is 2. The molecule has 1 amide bonds. The van der Waals surface area contributed by atoms with Crippen LogP contribution >= 0.6 is 15.6 Å². The lowest BCUT2D eigenvalue weighted by molar-refractivity contribution is -0.150. The zero-order valence-corrected chi connectivity index (χ0v) is 52.2. The summed E-state index contributed by atoms with van der Waals surface area (Å²) < 4.78 is 109. The molecule has 0 radical (unpaired) electrons. The van der Waals surface area contributed by atoms with E-state index in [2.05, 4.69) is 0 Å². The third-order valence-electron chi connectivity index (χ3n) is 12.5. The van der Waals surface area contributed by atoms with Crippen molar-refractivity contribution in [1.82, 2.24) is 9.47 Å². The standard InChI is InChI=1S/C63H78N2O20P2/c1-9-77-59(67)55-57(85-61(69)63(4,5)47-76-37-35-74-39-41-79-87(71,82-44-50-26-18-12-19-27-50)83-45-51-28-20-13-21-29-51)56(54(58(66)64(6)7)65(55)52-30-32-53(72-8)33-31-52)84-60(68)62(2,3)46-75-36-34-73-38-40-78-86(70,80-42-48-22-14-10-15-23-48)81-43-49-24-16-11-17-25-49/h10-33H,9,34-47H2,1-8H3. The summed E-state index contributed by atoms with van der Waals surface area (Å²) in [6.45, 7) is 6.80. The lowest BCUT2D eigenvalue weighted by Gasteiger charge is -2.24. The van der Waals surface area contributed by atoms with E-state index in [4.69, 9.17) is 65.0 Å². The molecule has 1 heterocycles. The average molecular weight is 1250 g/mol. The summed E-state index contributed by atoms with van der Waals surface area (Å²) in [5.41, 5.74) is -0.371. The molecule has 0 N–H and O–H groups in total. The van der Waals surface area contributed by atoms with Crippen LogP contribution in [0.4, 0.5) is 0 Å². The molecule has 5 aromatic carbocycles. The van der Waals surface area contributed by atoms with E-state index in [9.17, 15) is 28.3 Å². The Kier molecular flexibility index (Phi) is 27.5. The summed E-state index contributed by atoms with van der Waals surface area (Å²) in [7, 11) is -3.70. The Morgan fingerprint density at radius 2 is 0.805 bits per heavy atom. The Morgan fingerprint density at radius 3 is 1.15 bits per heavy atom. The van der Waals surface area contributed by atoms with Gasteiger partial charge in [-0.15, -0.1) is 0 Å². The van der Waals surface area contributed by atoms with Crippen LogP contribution < -0.4 is 14.2 Å². The van der Waals surface area contributed by atoms with Crippen LogP contribution in [0.2, 0.25) is 0 Å². The first-order chi connectivity index (χ1) is 41.8. The fourth-order valence-corrected chi connectivity index (χ4v) is 9.99. The van der Waals surface area contributed by atoms with Crippen molar-refractivity contribution < 1.29 is 93.3 Å². The van der Waals surface area contributed by atoms with Gasteiger partial charge in [-0.3, -0.25) is 46.1 Å². The van der Waals surface area contributed by atoms with E-state index in [1.807, 2.05) is 121 Å². The number of carbonyl (C=O) groups excluding carboxylic acids is 4. The number of esters is 3. The summed E-state index contributed by atoms with van der Waals surface area (Å²) in [6.07, 6.45) is 0. The van der Waals surface area contributed by atoms with Crippen molar-refractivity contribution >= 4 is 39.5 Å². The molecule has 0 saturated heterocycles. The second-order valence-electron chi connectivity index (χ2n) is 20.8. The normalized spacial score (nSPS) is 12.0. The number of phosphoric acid groups is 2. The molecule has 6 aromatic rings. The number of benzene rings is 5. The molecule has 0 spiro atoms.